The van der Waals surface area contributed by atoms with E-state index in [1.165, 1.54) is 13.2 Å². The van der Waals surface area contributed by atoms with Crippen LogP contribution in [-0.4, -0.2) is 29.0 Å². The average Bonchev–Trinajstić information content (AvgIpc) is 2.37. The number of halogens is 3. The van der Waals surface area contributed by atoms with Gasteiger partial charge in [-0.15, -0.1) is 0 Å². The van der Waals surface area contributed by atoms with Gasteiger partial charge in [-0.3, -0.25) is 9.59 Å². The Labute approximate surface area is 125 Å². The Bertz CT molecular complexity index is 625. The third kappa shape index (κ3) is 3.88. The molecule has 0 aliphatic carbocycles. The number of carbonyl (C=O) groups excluding carboxylic acids is 1. The lowest BCUT2D eigenvalue weighted by Gasteiger charge is -2.27. The molecule has 2 rings (SSSR count). The van der Waals surface area contributed by atoms with Crippen LogP contribution < -0.4 is 15.6 Å². The summed E-state index contributed by atoms with van der Waals surface area (Å²) in [5.74, 6) is 0.0400. The highest BCUT2D eigenvalue weighted by atomic mass is 19.4. The molecule has 0 saturated carbocycles. The predicted octanol–water partition coefficient (Wildman–Crippen LogP) is 1.49. The zero-order valence-corrected chi connectivity index (χ0v) is 12.2. The Morgan fingerprint density at radius 3 is 2.64 bits per heavy atom. The third-order valence-electron chi connectivity index (χ3n) is 3.44. The van der Waals surface area contributed by atoms with Gasteiger partial charge in [0.25, 0.3) is 5.56 Å². The van der Waals surface area contributed by atoms with Crippen molar-refractivity contribution in [2.24, 2.45) is 7.05 Å². The van der Waals surface area contributed by atoms with Gasteiger partial charge in [-0.2, -0.15) is 13.2 Å². The molecule has 1 aliphatic heterocycles. The van der Waals surface area contributed by atoms with Crippen molar-refractivity contribution in [3.63, 3.8) is 0 Å². The van der Waals surface area contributed by atoms with Crippen molar-refractivity contribution < 1.29 is 22.7 Å². The number of hydrogen-bond acceptors (Lipinski definition) is 4. The fourth-order valence-electron chi connectivity index (χ4n) is 2.49. The molecule has 2 heterocycles. The predicted molar refractivity (Wildman–Crippen MR) is 72.8 cm³/mol. The van der Waals surface area contributed by atoms with Crippen LogP contribution in [-0.2, 0) is 18.0 Å². The fourth-order valence-corrected chi connectivity index (χ4v) is 2.49. The van der Waals surface area contributed by atoms with Crippen molar-refractivity contribution in [2.75, 3.05) is 6.61 Å². The standard InChI is InChI=1S/C14H17F3N2O3/c1-8-3-10(20)4-9(18-8)7-22-11-5-12(14(15,16)17)13(21)19(2)6-11/h5-6,8-9,18H,3-4,7H2,1-2H3/t8-,9-/m0/s1. The number of nitrogens with zero attached hydrogens (tertiary/aromatic N) is 1. The van der Waals surface area contributed by atoms with E-state index in [9.17, 15) is 22.8 Å². The van der Waals surface area contributed by atoms with Gasteiger partial charge in [0.05, 0.1) is 0 Å². The molecular weight excluding hydrogens is 301 g/mol. The summed E-state index contributed by atoms with van der Waals surface area (Å²) in [6, 6.07) is 0.458. The molecule has 122 valence electrons. The number of hydrogen-bond donors (Lipinski definition) is 1. The van der Waals surface area contributed by atoms with Crippen molar-refractivity contribution in [1.29, 1.82) is 0 Å². The summed E-state index contributed by atoms with van der Waals surface area (Å²) in [7, 11) is 1.23. The number of aromatic nitrogens is 1. The van der Waals surface area contributed by atoms with Crippen molar-refractivity contribution in [3.05, 3.63) is 28.2 Å². The van der Waals surface area contributed by atoms with Gasteiger partial charge in [-0.1, -0.05) is 0 Å². The highest BCUT2D eigenvalue weighted by Crippen LogP contribution is 2.28. The monoisotopic (exact) mass is 318 g/mol. The minimum Gasteiger partial charge on any atom is -0.490 e. The van der Waals surface area contributed by atoms with E-state index < -0.39 is 17.3 Å². The van der Waals surface area contributed by atoms with Gasteiger partial charge in [-0.05, 0) is 13.0 Å². The maximum atomic E-state index is 12.8. The number of piperidine rings is 1. The molecule has 1 N–H and O–H groups in total. The van der Waals surface area contributed by atoms with Gasteiger partial charge >= 0.3 is 6.18 Å². The van der Waals surface area contributed by atoms with Crippen LogP contribution in [0.4, 0.5) is 13.2 Å². The second-order valence-electron chi connectivity index (χ2n) is 5.53. The molecule has 1 saturated heterocycles. The molecule has 0 unspecified atom stereocenters. The molecule has 1 aromatic rings. The second kappa shape index (κ2) is 6.12. The van der Waals surface area contributed by atoms with Crippen LogP contribution in [0.2, 0.25) is 0 Å². The van der Waals surface area contributed by atoms with E-state index in [0.717, 1.165) is 4.57 Å². The first kappa shape index (κ1) is 16.5. The summed E-state index contributed by atoms with van der Waals surface area (Å²) < 4.78 is 44.5. The van der Waals surface area contributed by atoms with Gasteiger partial charge < -0.3 is 14.6 Å². The molecule has 1 aromatic heterocycles. The van der Waals surface area contributed by atoms with Gasteiger partial charge in [0, 0.05) is 38.2 Å². The van der Waals surface area contributed by atoms with Gasteiger partial charge in [0.15, 0.2) is 0 Å². The van der Waals surface area contributed by atoms with Crippen LogP contribution in [0.25, 0.3) is 0 Å². The summed E-state index contributed by atoms with van der Waals surface area (Å²) in [6.45, 7) is 1.92. The highest BCUT2D eigenvalue weighted by molar-refractivity contribution is 5.80. The van der Waals surface area contributed by atoms with E-state index in [2.05, 4.69) is 5.32 Å². The van der Waals surface area contributed by atoms with Crippen LogP contribution in [0.3, 0.4) is 0 Å². The lowest BCUT2D eigenvalue weighted by atomic mass is 9.99. The minimum atomic E-state index is -4.73. The molecular formula is C14H17F3N2O3. The number of nitrogens with one attached hydrogen (secondary N) is 1. The van der Waals surface area contributed by atoms with E-state index in [-0.39, 0.29) is 36.6 Å². The first-order valence-electron chi connectivity index (χ1n) is 6.85. The summed E-state index contributed by atoms with van der Waals surface area (Å²) >= 11 is 0. The van der Waals surface area contributed by atoms with Gasteiger partial charge in [-0.25, -0.2) is 0 Å². The molecule has 0 aromatic carbocycles. The number of pyridine rings is 1. The third-order valence-corrected chi connectivity index (χ3v) is 3.44. The summed E-state index contributed by atoms with van der Waals surface area (Å²) in [6.07, 6.45) is -2.82. The number of aryl methyl sites for hydroxylation is 1. The van der Waals surface area contributed by atoms with E-state index >= 15 is 0 Å². The van der Waals surface area contributed by atoms with Crippen molar-refractivity contribution in [3.8, 4) is 5.75 Å². The molecule has 2 atom stereocenters. The van der Waals surface area contributed by atoms with Crippen LogP contribution in [0.5, 0.6) is 5.75 Å². The quantitative estimate of drug-likeness (QED) is 0.917. The number of ketones is 1. The SMILES string of the molecule is C[C@H]1CC(=O)C[C@@H](COc2cc(C(F)(F)F)c(=O)n(C)c2)N1. The zero-order valence-electron chi connectivity index (χ0n) is 12.2. The van der Waals surface area contributed by atoms with Crippen molar-refractivity contribution in [2.45, 2.75) is 38.0 Å². The van der Waals surface area contributed by atoms with Crippen molar-refractivity contribution in [1.82, 2.24) is 9.88 Å². The Morgan fingerprint density at radius 2 is 2.05 bits per heavy atom. The normalized spacial score (nSPS) is 22.7. The van der Waals surface area contributed by atoms with Crippen LogP contribution in [0, 0.1) is 0 Å². The fraction of sp³-hybridized carbons (Fsp3) is 0.571. The van der Waals surface area contributed by atoms with Crippen molar-refractivity contribution >= 4 is 5.78 Å². The molecule has 5 nitrogen and oxygen atoms in total. The number of ether oxygens (including phenoxy) is 1. The number of carbonyl (C=O) groups is 1. The molecule has 8 heteroatoms. The summed E-state index contributed by atoms with van der Waals surface area (Å²) in [4.78, 5) is 23.0. The molecule has 0 bridgehead atoms. The smallest absolute Gasteiger partial charge is 0.421 e. The largest absolute Gasteiger partial charge is 0.490 e. The van der Waals surface area contributed by atoms with Crippen LogP contribution in [0.1, 0.15) is 25.3 Å². The second-order valence-corrected chi connectivity index (χ2v) is 5.53. The number of Topliss-reactive ketones (excluding diaryl/α,β-unsaturated/α-hetero) is 1. The highest BCUT2D eigenvalue weighted by Gasteiger charge is 2.35. The maximum Gasteiger partial charge on any atom is 0.421 e. The Balaban J connectivity index is 2.12. The Hall–Kier alpha value is -1.83. The van der Waals surface area contributed by atoms with E-state index in [0.29, 0.717) is 12.5 Å². The lowest BCUT2D eigenvalue weighted by Crippen LogP contribution is -2.47. The number of rotatable bonds is 3. The van der Waals surface area contributed by atoms with E-state index in [4.69, 9.17) is 4.74 Å². The van der Waals surface area contributed by atoms with E-state index in [1.54, 1.807) is 0 Å². The topological polar surface area (TPSA) is 60.3 Å². The molecule has 0 radical (unpaired) electrons. The molecule has 1 aliphatic rings. The van der Waals surface area contributed by atoms with Gasteiger partial charge in [0.2, 0.25) is 0 Å². The first-order valence-corrected chi connectivity index (χ1v) is 6.85. The number of alkyl halides is 3. The summed E-state index contributed by atoms with van der Waals surface area (Å²) in [5.41, 5.74) is -2.40. The first-order chi connectivity index (χ1) is 10.2. The van der Waals surface area contributed by atoms with Crippen LogP contribution >= 0.6 is 0 Å². The molecule has 22 heavy (non-hydrogen) atoms. The maximum absolute atomic E-state index is 12.8. The molecule has 1 fully saturated rings. The zero-order chi connectivity index (χ0) is 16.5. The Morgan fingerprint density at radius 1 is 1.36 bits per heavy atom. The van der Waals surface area contributed by atoms with Crippen LogP contribution in [0.15, 0.2) is 17.1 Å². The van der Waals surface area contributed by atoms with Gasteiger partial charge in [0.1, 0.15) is 23.7 Å². The van der Waals surface area contributed by atoms with E-state index in [1.807, 2.05) is 6.92 Å². The summed E-state index contributed by atoms with van der Waals surface area (Å²) in [5, 5.41) is 3.15. The molecule has 0 spiro atoms. The lowest BCUT2D eigenvalue weighted by molar-refractivity contribution is -0.139. The average molecular weight is 318 g/mol. The Kier molecular flexibility index (Phi) is 4.60. The molecule has 0 amide bonds. The minimum absolute atomic E-state index is 0.0146.